The molecule has 3 rings (SSSR count). The smallest absolute Gasteiger partial charge is 0.262 e. The normalized spacial score (nSPS) is 10.3. The van der Waals surface area contributed by atoms with Gasteiger partial charge in [-0.1, -0.05) is 34.8 Å². The third-order valence-corrected chi connectivity index (χ3v) is 4.92. The van der Waals surface area contributed by atoms with Crippen molar-refractivity contribution in [1.82, 2.24) is 0 Å². The number of ether oxygens (including phenoxy) is 2. The van der Waals surface area contributed by atoms with E-state index >= 15 is 0 Å². The summed E-state index contributed by atoms with van der Waals surface area (Å²) in [4.78, 5) is 24.5. The number of benzene rings is 3. The summed E-state index contributed by atoms with van der Waals surface area (Å²) in [5.74, 6) is 0.400. The third kappa shape index (κ3) is 6.28. The van der Waals surface area contributed by atoms with Crippen molar-refractivity contribution >= 4 is 58.0 Å². The molecule has 0 radical (unpaired) electrons. The van der Waals surface area contributed by atoms with Crippen molar-refractivity contribution in [3.63, 3.8) is 0 Å². The molecule has 0 atom stereocenters. The van der Waals surface area contributed by atoms with E-state index in [0.29, 0.717) is 27.8 Å². The monoisotopic (exact) mass is 478 g/mol. The quantitative estimate of drug-likeness (QED) is 0.441. The summed E-state index contributed by atoms with van der Waals surface area (Å²) in [6, 6.07) is 16.2. The maximum atomic E-state index is 12.5. The summed E-state index contributed by atoms with van der Waals surface area (Å²) in [5, 5.41) is 6.20. The molecule has 3 aromatic carbocycles. The summed E-state index contributed by atoms with van der Waals surface area (Å²) < 4.78 is 10.5. The minimum atomic E-state index is -0.407. The number of halogens is 3. The van der Waals surface area contributed by atoms with E-state index in [-0.39, 0.29) is 28.2 Å². The van der Waals surface area contributed by atoms with Gasteiger partial charge in [0.2, 0.25) is 0 Å². The van der Waals surface area contributed by atoms with Crippen molar-refractivity contribution in [2.24, 2.45) is 0 Å². The molecule has 0 aliphatic carbocycles. The minimum Gasteiger partial charge on any atom is -0.497 e. The molecular formula is C22H17Cl3N2O4. The number of hydrogen-bond acceptors (Lipinski definition) is 4. The summed E-state index contributed by atoms with van der Waals surface area (Å²) in [7, 11) is 1.57. The second-order valence-electron chi connectivity index (χ2n) is 6.29. The Morgan fingerprint density at radius 3 is 2.00 bits per heavy atom. The van der Waals surface area contributed by atoms with Crippen molar-refractivity contribution in [3.05, 3.63) is 81.3 Å². The van der Waals surface area contributed by atoms with Gasteiger partial charge in [0.1, 0.15) is 11.5 Å². The number of anilines is 2. The van der Waals surface area contributed by atoms with Crippen molar-refractivity contribution < 1.29 is 19.1 Å². The Balaban J connectivity index is 1.54. The zero-order valence-electron chi connectivity index (χ0n) is 16.2. The van der Waals surface area contributed by atoms with Gasteiger partial charge in [-0.15, -0.1) is 0 Å². The van der Waals surface area contributed by atoms with Gasteiger partial charge in [0.15, 0.2) is 6.61 Å². The molecule has 31 heavy (non-hydrogen) atoms. The number of methoxy groups -OCH3 is 1. The molecular weight excluding hydrogens is 463 g/mol. The molecule has 0 saturated carbocycles. The third-order valence-electron chi connectivity index (χ3n) is 4.11. The van der Waals surface area contributed by atoms with Gasteiger partial charge in [-0.2, -0.15) is 0 Å². The molecule has 2 N–H and O–H groups in total. The van der Waals surface area contributed by atoms with E-state index in [2.05, 4.69) is 10.6 Å². The Hall–Kier alpha value is -2.93. The largest absolute Gasteiger partial charge is 0.497 e. The molecule has 0 unspecified atom stereocenters. The predicted molar refractivity (Wildman–Crippen MR) is 123 cm³/mol. The van der Waals surface area contributed by atoms with Crippen LogP contribution in [0, 0.1) is 0 Å². The maximum absolute atomic E-state index is 12.5. The first-order chi connectivity index (χ1) is 14.9. The molecule has 6 nitrogen and oxygen atoms in total. The molecule has 2 amide bonds. The Labute approximate surface area is 194 Å². The second-order valence-corrected chi connectivity index (χ2v) is 7.54. The van der Waals surface area contributed by atoms with E-state index in [1.807, 2.05) is 0 Å². The lowest BCUT2D eigenvalue weighted by Gasteiger charge is -2.11. The van der Waals surface area contributed by atoms with E-state index < -0.39 is 5.91 Å². The first-order valence-corrected chi connectivity index (χ1v) is 10.1. The Kier molecular flexibility index (Phi) is 7.63. The van der Waals surface area contributed by atoms with E-state index in [1.165, 1.54) is 12.1 Å². The highest BCUT2D eigenvalue weighted by molar-refractivity contribution is 6.42. The summed E-state index contributed by atoms with van der Waals surface area (Å²) in [6.07, 6.45) is 0. The summed E-state index contributed by atoms with van der Waals surface area (Å²) in [6.45, 7) is -0.187. The predicted octanol–water partition coefficient (Wildman–Crippen LogP) is 5.93. The van der Waals surface area contributed by atoms with Crippen LogP contribution in [0.5, 0.6) is 11.5 Å². The van der Waals surface area contributed by atoms with E-state index in [4.69, 9.17) is 44.3 Å². The number of hydrogen-bond donors (Lipinski definition) is 2. The number of rotatable bonds is 7. The average molecular weight is 480 g/mol. The minimum absolute atomic E-state index is 0.187. The molecule has 0 heterocycles. The number of carbonyl (C=O) groups excluding carboxylic acids is 2. The maximum Gasteiger partial charge on any atom is 0.262 e. The molecule has 160 valence electrons. The fraction of sp³-hybridized carbons (Fsp3) is 0.0909. The molecule has 0 saturated heterocycles. The highest BCUT2D eigenvalue weighted by Gasteiger charge is 2.13. The van der Waals surface area contributed by atoms with Crippen LogP contribution in [0.3, 0.4) is 0 Å². The highest BCUT2D eigenvalue weighted by Crippen LogP contribution is 2.34. The lowest BCUT2D eigenvalue weighted by Crippen LogP contribution is -2.20. The first-order valence-electron chi connectivity index (χ1n) is 8.98. The van der Waals surface area contributed by atoms with Gasteiger partial charge in [0, 0.05) is 16.3 Å². The molecule has 9 heteroatoms. The molecule has 3 aromatic rings. The van der Waals surface area contributed by atoms with Crippen LogP contribution >= 0.6 is 34.8 Å². The van der Waals surface area contributed by atoms with E-state index in [9.17, 15) is 9.59 Å². The van der Waals surface area contributed by atoms with E-state index in [0.717, 1.165) is 0 Å². The van der Waals surface area contributed by atoms with Crippen LogP contribution in [0.1, 0.15) is 10.4 Å². The van der Waals surface area contributed by atoms with Gasteiger partial charge in [0.25, 0.3) is 11.8 Å². The first kappa shape index (κ1) is 22.7. The summed E-state index contributed by atoms with van der Waals surface area (Å²) in [5.41, 5.74) is 1.26. The van der Waals surface area contributed by atoms with Gasteiger partial charge >= 0.3 is 0 Å². The van der Waals surface area contributed by atoms with Crippen LogP contribution in [0.4, 0.5) is 11.4 Å². The molecule has 0 aromatic heterocycles. The lowest BCUT2D eigenvalue weighted by atomic mass is 10.2. The topological polar surface area (TPSA) is 76.7 Å². The summed E-state index contributed by atoms with van der Waals surface area (Å²) >= 11 is 18.0. The highest BCUT2D eigenvalue weighted by atomic mass is 35.5. The van der Waals surface area contributed by atoms with Crippen LogP contribution in [-0.2, 0) is 4.79 Å². The Bertz CT molecular complexity index is 1060. The van der Waals surface area contributed by atoms with Crippen LogP contribution in [0.2, 0.25) is 15.1 Å². The number of nitrogens with one attached hydrogen (secondary N) is 2. The number of carbonyl (C=O) groups is 2. The molecule has 0 spiro atoms. The SMILES string of the molecule is COc1ccc(NC(=O)COc2ccc(C(=O)Nc3c(Cl)cc(Cl)cc3Cl)cc2)cc1. The Morgan fingerprint density at radius 1 is 0.839 bits per heavy atom. The van der Waals surface area contributed by atoms with Crippen molar-refractivity contribution in [3.8, 4) is 11.5 Å². The standard InChI is InChI=1S/C22H17Cl3N2O4/c1-30-16-8-4-15(5-9-16)26-20(28)12-31-17-6-2-13(3-7-17)22(29)27-21-18(24)10-14(23)11-19(21)25/h2-11H,12H2,1H3,(H,26,28)(H,27,29). The lowest BCUT2D eigenvalue weighted by molar-refractivity contribution is -0.118. The number of amides is 2. The van der Waals surface area contributed by atoms with Crippen LogP contribution < -0.4 is 20.1 Å². The van der Waals surface area contributed by atoms with Gasteiger partial charge < -0.3 is 20.1 Å². The van der Waals surface area contributed by atoms with Crippen molar-refractivity contribution in [2.75, 3.05) is 24.4 Å². The van der Waals surface area contributed by atoms with Gasteiger partial charge in [-0.05, 0) is 60.7 Å². The fourth-order valence-electron chi connectivity index (χ4n) is 2.57. The van der Waals surface area contributed by atoms with Crippen LogP contribution in [-0.4, -0.2) is 25.5 Å². The van der Waals surface area contributed by atoms with Crippen LogP contribution in [0.25, 0.3) is 0 Å². The average Bonchev–Trinajstić information content (AvgIpc) is 2.75. The fourth-order valence-corrected chi connectivity index (χ4v) is 3.48. The zero-order chi connectivity index (χ0) is 22.4. The molecule has 0 bridgehead atoms. The second kappa shape index (κ2) is 10.4. The zero-order valence-corrected chi connectivity index (χ0v) is 18.5. The van der Waals surface area contributed by atoms with Gasteiger partial charge in [0.05, 0.1) is 22.8 Å². The van der Waals surface area contributed by atoms with Crippen molar-refractivity contribution in [2.45, 2.75) is 0 Å². The van der Waals surface area contributed by atoms with Crippen molar-refractivity contribution in [1.29, 1.82) is 0 Å². The van der Waals surface area contributed by atoms with E-state index in [1.54, 1.807) is 55.6 Å². The van der Waals surface area contributed by atoms with Gasteiger partial charge in [-0.25, -0.2) is 0 Å². The van der Waals surface area contributed by atoms with Crippen LogP contribution in [0.15, 0.2) is 60.7 Å². The molecule has 0 aliphatic heterocycles. The molecule has 0 aliphatic rings. The van der Waals surface area contributed by atoms with Gasteiger partial charge in [-0.3, -0.25) is 9.59 Å². The Morgan fingerprint density at radius 2 is 1.42 bits per heavy atom. The molecule has 0 fully saturated rings.